The summed E-state index contributed by atoms with van der Waals surface area (Å²) >= 11 is 0. The Morgan fingerprint density at radius 1 is 1.14 bits per heavy atom. The quantitative estimate of drug-likeness (QED) is 0.208. The molecule has 18 heteroatoms. The van der Waals surface area contributed by atoms with Crippen LogP contribution < -0.4 is 17.2 Å². The fourth-order valence-electron chi connectivity index (χ4n) is 4.28. The molecule has 0 spiro atoms. The lowest BCUT2D eigenvalue weighted by atomic mass is 10.2. The van der Waals surface area contributed by atoms with Gasteiger partial charge in [-0.05, 0) is 6.07 Å². The number of rotatable bonds is 8. The minimum absolute atomic E-state index is 0.0216. The lowest BCUT2D eigenvalue weighted by Gasteiger charge is -2.21. The predicted octanol–water partition coefficient (Wildman–Crippen LogP) is -1.32. The fraction of sp³-hybridized carbons (Fsp3) is 0.526. The maximum Gasteiger partial charge on any atom is 0.472 e. The Bertz CT molecular complexity index is 1390. The number of hydrogen-bond acceptors (Lipinski definition) is 14. The number of hydrogen-bond donors (Lipinski definition) is 5. The molecule has 3 aromatic rings. The molecule has 0 amide bonds. The molecule has 200 valence electrons. The topological polar surface area (TPSA) is 245 Å². The second kappa shape index (κ2) is 10.0. The van der Waals surface area contributed by atoms with Gasteiger partial charge in [0.05, 0.1) is 25.6 Å². The summed E-state index contributed by atoms with van der Waals surface area (Å²) < 4.78 is 37.2. The standard InChI is InChI=1S/C19H25N8O9P/c20-13-1-2-26(19(30)25-13)14-3-9(29)12(35-14)6-33-37(31,32)36-10-4-15(34-11(10)5-28)27-8-24-16-17(21)22-7-23-18(16)27/h1-2,7-12,14-15,28-29H,3-6H2,(H,31,32)(H2,20,25,30)(H2,21,22,23)/t9-,10-,11-,12-,14?,15?/m1/s1. The zero-order valence-electron chi connectivity index (χ0n) is 19.2. The van der Waals surface area contributed by atoms with Crippen LogP contribution in [0.2, 0.25) is 0 Å². The smallest absolute Gasteiger partial charge is 0.394 e. The highest BCUT2D eigenvalue weighted by Gasteiger charge is 2.43. The van der Waals surface area contributed by atoms with Gasteiger partial charge in [0.2, 0.25) is 0 Å². The number of phosphoric ester groups is 1. The van der Waals surface area contributed by atoms with E-state index in [0.29, 0.717) is 11.2 Å². The van der Waals surface area contributed by atoms with E-state index in [0.717, 1.165) is 4.57 Å². The van der Waals surface area contributed by atoms with Crippen molar-refractivity contribution in [1.29, 1.82) is 0 Å². The van der Waals surface area contributed by atoms with Crippen molar-refractivity contribution >= 4 is 30.6 Å². The molecule has 0 aliphatic carbocycles. The van der Waals surface area contributed by atoms with E-state index in [4.69, 9.17) is 30.0 Å². The molecular weight excluding hydrogens is 515 g/mol. The summed E-state index contributed by atoms with van der Waals surface area (Å²) in [6.07, 6.45) is -1.53. The van der Waals surface area contributed by atoms with Gasteiger partial charge in [-0.2, -0.15) is 4.98 Å². The molecule has 5 rings (SSSR count). The van der Waals surface area contributed by atoms with Gasteiger partial charge in [-0.25, -0.2) is 24.3 Å². The molecule has 2 aliphatic rings. The molecular formula is C19H25N8O9P. The number of nitrogens with two attached hydrogens (primary N) is 2. The number of fused-ring (bicyclic) bond motifs is 1. The van der Waals surface area contributed by atoms with Gasteiger partial charge in [-0.1, -0.05) is 0 Å². The monoisotopic (exact) mass is 540 g/mol. The molecule has 0 radical (unpaired) electrons. The molecule has 2 saturated heterocycles. The van der Waals surface area contributed by atoms with Crippen LogP contribution in [0.3, 0.4) is 0 Å². The van der Waals surface area contributed by atoms with Gasteiger partial charge in [0.25, 0.3) is 0 Å². The van der Waals surface area contributed by atoms with E-state index < -0.39 is 63.6 Å². The van der Waals surface area contributed by atoms with Crippen LogP contribution in [0.25, 0.3) is 11.2 Å². The molecule has 5 heterocycles. The minimum Gasteiger partial charge on any atom is -0.394 e. The van der Waals surface area contributed by atoms with Gasteiger partial charge in [-0.3, -0.25) is 18.2 Å². The molecule has 37 heavy (non-hydrogen) atoms. The van der Waals surface area contributed by atoms with Crippen LogP contribution in [0.1, 0.15) is 25.3 Å². The third-order valence-electron chi connectivity index (χ3n) is 6.09. The van der Waals surface area contributed by atoms with E-state index in [1.807, 2.05) is 0 Å². The van der Waals surface area contributed by atoms with Gasteiger partial charge in [0.15, 0.2) is 11.5 Å². The van der Waals surface area contributed by atoms with E-state index in [1.165, 1.54) is 24.9 Å². The second-order valence-corrected chi connectivity index (χ2v) is 9.92. The molecule has 0 saturated carbocycles. The molecule has 3 unspecified atom stereocenters. The van der Waals surface area contributed by atoms with E-state index in [1.54, 1.807) is 4.57 Å². The van der Waals surface area contributed by atoms with Crippen LogP contribution in [0.4, 0.5) is 11.6 Å². The van der Waals surface area contributed by atoms with Crippen molar-refractivity contribution in [2.75, 3.05) is 24.7 Å². The van der Waals surface area contributed by atoms with Gasteiger partial charge < -0.3 is 36.0 Å². The average Bonchev–Trinajstić information content (AvgIpc) is 3.54. The lowest BCUT2D eigenvalue weighted by Crippen LogP contribution is -2.29. The Balaban J connectivity index is 1.21. The second-order valence-electron chi connectivity index (χ2n) is 8.51. The first-order valence-electron chi connectivity index (χ1n) is 11.2. The summed E-state index contributed by atoms with van der Waals surface area (Å²) in [7, 11) is -4.69. The predicted molar refractivity (Wildman–Crippen MR) is 123 cm³/mol. The third-order valence-corrected chi connectivity index (χ3v) is 7.11. The zero-order chi connectivity index (χ0) is 26.3. The zero-order valence-corrected chi connectivity index (χ0v) is 20.1. The Morgan fingerprint density at radius 2 is 1.89 bits per heavy atom. The number of nitrogens with zero attached hydrogens (tertiary/aromatic N) is 6. The molecule has 7 N–H and O–H groups in total. The first-order valence-corrected chi connectivity index (χ1v) is 12.7. The van der Waals surface area contributed by atoms with E-state index in [-0.39, 0.29) is 24.5 Å². The molecule has 2 fully saturated rings. The third kappa shape index (κ3) is 5.21. The minimum atomic E-state index is -4.69. The number of aliphatic hydroxyl groups is 2. The molecule has 7 atom stereocenters. The first kappa shape index (κ1) is 25.6. The molecule has 0 bridgehead atoms. The van der Waals surface area contributed by atoms with Crippen molar-refractivity contribution < 1.29 is 38.2 Å². The van der Waals surface area contributed by atoms with Crippen molar-refractivity contribution in [1.82, 2.24) is 29.1 Å². The number of aliphatic hydroxyl groups excluding tert-OH is 2. The Labute approximate surface area is 208 Å². The highest BCUT2D eigenvalue weighted by atomic mass is 31.2. The van der Waals surface area contributed by atoms with Crippen LogP contribution in [0.5, 0.6) is 0 Å². The van der Waals surface area contributed by atoms with Crippen molar-refractivity contribution in [2.24, 2.45) is 0 Å². The van der Waals surface area contributed by atoms with Gasteiger partial charge in [0, 0.05) is 19.0 Å². The SMILES string of the molecule is Nc1ccn(C2C[C@@H](O)[C@@H](COP(=O)(O)O[C@@H]3CC(n4cnc5c(N)ncnc54)O[C@@H]3CO)O2)c(=O)n1. The summed E-state index contributed by atoms with van der Waals surface area (Å²) in [5, 5.41) is 20.1. The van der Waals surface area contributed by atoms with Gasteiger partial charge >= 0.3 is 13.5 Å². The first-order chi connectivity index (χ1) is 17.6. The molecule has 0 aromatic carbocycles. The van der Waals surface area contributed by atoms with Crippen molar-refractivity contribution in [2.45, 2.75) is 49.7 Å². The highest BCUT2D eigenvalue weighted by molar-refractivity contribution is 7.47. The maximum absolute atomic E-state index is 12.7. The van der Waals surface area contributed by atoms with Crippen LogP contribution in [-0.4, -0.2) is 81.8 Å². The largest absolute Gasteiger partial charge is 0.472 e. The van der Waals surface area contributed by atoms with Crippen LogP contribution >= 0.6 is 7.82 Å². The highest BCUT2D eigenvalue weighted by Crippen LogP contribution is 2.49. The van der Waals surface area contributed by atoms with Crippen molar-refractivity contribution in [3.63, 3.8) is 0 Å². The van der Waals surface area contributed by atoms with E-state index in [2.05, 4.69) is 19.9 Å². The Kier molecular flexibility index (Phi) is 6.95. The normalized spacial score (nSPS) is 29.6. The van der Waals surface area contributed by atoms with E-state index in [9.17, 15) is 24.5 Å². The number of nitrogen functional groups attached to an aromatic ring is 2. The molecule has 2 aliphatic heterocycles. The Morgan fingerprint density at radius 3 is 2.65 bits per heavy atom. The van der Waals surface area contributed by atoms with Crippen LogP contribution in [0.15, 0.2) is 29.7 Å². The lowest BCUT2D eigenvalue weighted by molar-refractivity contribution is -0.0566. The van der Waals surface area contributed by atoms with Crippen molar-refractivity contribution in [3.8, 4) is 0 Å². The summed E-state index contributed by atoms with van der Waals surface area (Å²) in [5.74, 6) is 0.216. The van der Waals surface area contributed by atoms with Gasteiger partial charge in [0.1, 0.15) is 48.4 Å². The number of imidazole rings is 1. The van der Waals surface area contributed by atoms with Gasteiger partial charge in [-0.15, -0.1) is 0 Å². The number of phosphoric acid groups is 1. The molecule has 3 aromatic heterocycles. The number of aromatic nitrogens is 6. The summed E-state index contributed by atoms with van der Waals surface area (Å²) in [6.45, 7) is -1.01. The summed E-state index contributed by atoms with van der Waals surface area (Å²) in [6, 6.07) is 1.40. The summed E-state index contributed by atoms with van der Waals surface area (Å²) in [5.41, 5.74) is 11.4. The fourth-order valence-corrected chi connectivity index (χ4v) is 5.24. The van der Waals surface area contributed by atoms with Crippen LogP contribution in [-0.2, 0) is 23.1 Å². The average molecular weight is 540 g/mol. The summed E-state index contributed by atoms with van der Waals surface area (Å²) in [4.78, 5) is 38.1. The Hall–Kier alpha value is -3.02. The number of ether oxygens (including phenoxy) is 2. The maximum atomic E-state index is 12.7. The van der Waals surface area contributed by atoms with Crippen LogP contribution in [0, 0.1) is 0 Å². The number of anilines is 2. The van der Waals surface area contributed by atoms with E-state index >= 15 is 0 Å². The molecule has 17 nitrogen and oxygen atoms in total. The van der Waals surface area contributed by atoms with Crippen molar-refractivity contribution in [3.05, 3.63) is 35.4 Å².